The molecule has 0 atom stereocenters. The molecule has 0 aliphatic carbocycles. The van der Waals surface area contributed by atoms with Crippen LogP contribution in [0.4, 0.5) is 0 Å². The third-order valence-electron chi connectivity index (χ3n) is 1.57. The molecule has 0 amide bonds. The standard InChI is InChI=1S/C9H12IN.ClH/c1-7-3-4-9(10)8(5-7)6-11-2;/h3-5,11H,6H2,1-2H3;1H. The Kier molecular flexibility index (Phi) is 5.88. The molecule has 1 rings (SSSR count). The predicted molar refractivity (Wildman–Crippen MR) is 63.9 cm³/mol. The predicted octanol–water partition coefficient (Wildman–Crippen LogP) is 2.74. The number of rotatable bonds is 2. The number of hydrogen-bond acceptors (Lipinski definition) is 1. The third kappa shape index (κ3) is 3.29. The Morgan fingerprint density at radius 1 is 1.42 bits per heavy atom. The topological polar surface area (TPSA) is 12.0 Å². The summed E-state index contributed by atoms with van der Waals surface area (Å²) in [7, 11) is 1.97. The van der Waals surface area contributed by atoms with Gasteiger partial charge in [-0.3, -0.25) is 0 Å². The van der Waals surface area contributed by atoms with Gasteiger partial charge in [0, 0.05) is 10.1 Å². The van der Waals surface area contributed by atoms with E-state index in [1.54, 1.807) is 0 Å². The van der Waals surface area contributed by atoms with Crippen LogP contribution in [0.25, 0.3) is 0 Å². The Morgan fingerprint density at radius 2 is 2.08 bits per heavy atom. The lowest BCUT2D eigenvalue weighted by atomic mass is 10.1. The van der Waals surface area contributed by atoms with Crippen molar-refractivity contribution < 1.29 is 0 Å². The highest BCUT2D eigenvalue weighted by Gasteiger charge is 1.96. The number of aryl methyl sites for hydroxylation is 1. The highest BCUT2D eigenvalue weighted by atomic mass is 127. The summed E-state index contributed by atoms with van der Waals surface area (Å²) in [6.45, 7) is 3.08. The van der Waals surface area contributed by atoms with Gasteiger partial charge in [0.15, 0.2) is 0 Å². The van der Waals surface area contributed by atoms with Crippen LogP contribution in [0.1, 0.15) is 11.1 Å². The lowest BCUT2D eigenvalue weighted by Crippen LogP contribution is -2.06. The van der Waals surface area contributed by atoms with Gasteiger partial charge in [-0.05, 0) is 48.2 Å². The molecule has 1 aromatic rings. The Morgan fingerprint density at radius 3 is 2.67 bits per heavy atom. The maximum atomic E-state index is 3.15. The minimum absolute atomic E-state index is 0. The van der Waals surface area contributed by atoms with E-state index in [1.807, 2.05) is 7.05 Å². The summed E-state index contributed by atoms with van der Waals surface area (Å²) in [5, 5.41) is 3.15. The Hall–Kier alpha value is 0.200. The quantitative estimate of drug-likeness (QED) is 0.828. The van der Waals surface area contributed by atoms with Gasteiger partial charge in [0.25, 0.3) is 0 Å². The zero-order chi connectivity index (χ0) is 8.27. The number of halogens is 2. The first-order valence-electron chi connectivity index (χ1n) is 3.63. The second kappa shape index (κ2) is 5.78. The zero-order valence-electron chi connectivity index (χ0n) is 7.23. The zero-order valence-corrected chi connectivity index (χ0v) is 10.2. The van der Waals surface area contributed by atoms with E-state index in [0.29, 0.717) is 0 Å². The Bertz CT molecular complexity index is 250. The van der Waals surface area contributed by atoms with Crippen molar-refractivity contribution in [2.75, 3.05) is 7.05 Å². The summed E-state index contributed by atoms with van der Waals surface area (Å²) >= 11 is 2.36. The van der Waals surface area contributed by atoms with E-state index in [-0.39, 0.29) is 12.4 Å². The minimum Gasteiger partial charge on any atom is -0.316 e. The fourth-order valence-electron chi connectivity index (χ4n) is 1.03. The summed E-state index contributed by atoms with van der Waals surface area (Å²) in [6.07, 6.45) is 0. The molecule has 0 aliphatic heterocycles. The van der Waals surface area contributed by atoms with Gasteiger partial charge in [0.2, 0.25) is 0 Å². The van der Waals surface area contributed by atoms with Crippen LogP contribution < -0.4 is 5.32 Å². The molecule has 0 saturated carbocycles. The minimum atomic E-state index is 0. The van der Waals surface area contributed by atoms with Crippen LogP contribution in [-0.4, -0.2) is 7.05 Å². The summed E-state index contributed by atoms with van der Waals surface area (Å²) in [4.78, 5) is 0. The van der Waals surface area contributed by atoms with Crippen LogP contribution in [0.2, 0.25) is 0 Å². The van der Waals surface area contributed by atoms with Gasteiger partial charge >= 0.3 is 0 Å². The van der Waals surface area contributed by atoms with Crippen molar-refractivity contribution in [1.29, 1.82) is 0 Å². The van der Waals surface area contributed by atoms with Crippen molar-refractivity contribution in [3.63, 3.8) is 0 Å². The van der Waals surface area contributed by atoms with Gasteiger partial charge in [-0.1, -0.05) is 17.7 Å². The van der Waals surface area contributed by atoms with Crippen LogP contribution >= 0.6 is 35.0 Å². The molecule has 0 spiro atoms. The molecule has 0 fully saturated rings. The van der Waals surface area contributed by atoms with Gasteiger partial charge in [-0.15, -0.1) is 12.4 Å². The number of benzene rings is 1. The second-order valence-electron chi connectivity index (χ2n) is 2.63. The Balaban J connectivity index is 0.00000121. The largest absolute Gasteiger partial charge is 0.316 e. The molecule has 12 heavy (non-hydrogen) atoms. The number of hydrogen-bond donors (Lipinski definition) is 1. The van der Waals surface area contributed by atoms with E-state index in [1.165, 1.54) is 14.7 Å². The molecule has 68 valence electrons. The summed E-state index contributed by atoms with van der Waals surface area (Å²) in [5.41, 5.74) is 2.71. The van der Waals surface area contributed by atoms with Gasteiger partial charge in [-0.25, -0.2) is 0 Å². The molecular weight excluding hydrogens is 284 g/mol. The van der Waals surface area contributed by atoms with Gasteiger partial charge < -0.3 is 5.32 Å². The lowest BCUT2D eigenvalue weighted by molar-refractivity contribution is 0.813. The molecule has 3 heteroatoms. The maximum Gasteiger partial charge on any atom is 0.0213 e. The highest BCUT2D eigenvalue weighted by molar-refractivity contribution is 14.1. The van der Waals surface area contributed by atoms with Crippen LogP contribution in [0.15, 0.2) is 18.2 Å². The maximum absolute atomic E-state index is 3.15. The van der Waals surface area contributed by atoms with Crippen LogP contribution in [0.5, 0.6) is 0 Å². The second-order valence-corrected chi connectivity index (χ2v) is 3.79. The summed E-state index contributed by atoms with van der Waals surface area (Å²) < 4.78 is 1.34. The molecule has 0 aromatic heterocycles. The average molecular weight is 298 g/mol. The average Bonchev–Trinajstić information content (AvgIpc) is 1.98. The normalized spacial score (nSPS) is 9.25. The van der Waals surface area contributed by atoms with E-state index in [0.717, 1.165) is 6.54 Å². The van der Waals surface area contributed by atoms with Crippen LogP contribution in [-0.2, 0) is 6.54 Å². The summed E-state index contributed by atoms with van der Waals surface area (Å²) in [6, 6.07) is 6.52. The molecule has 0 aliphatic rings. The Labute approximate surface area is 93.5 Å². The van der Waals surface area contributed by atoms with Crippen molar-refractivity contribution in [3.8, 4) is 0 Å². The highest BCUT2D eigenvalue weighted by Crippen LogP contribution is 2.13. The van der Waals surface area contributed by atoms with E-state index >= 15 is 0 Å². The van der Waals surface area contributed by atoms with E-state index in [4.69, 9.17) is 0 Å². The summed E-state index contributed by atoms with van der Waals surface area (Å²) in [5.74, 6) is 0. The van der Waals surface area contributed by atoms with Crippen molar-refractivity contribution in [1.82, 2.24) is 5.32 Å². The molecule has 0 heterocycles. The van der Waals surface area contributed by atoms with Crippen LogP contribution in [0.3, 0.4) is 0 Å². The molecule has 1 nitrogen and oxygen atoms in total. The van der Waals surface area contributed by atoms with Gasteiger partial charge in [-0.2, -0.15) is 0 Å². The molecule has 0 unspecified atom stereocenters. The molecule has 0 saturated heterocycles. The van der Waals surface area contributed by atoms with Crippen LogP contribution in [0, 0.1) is 10.5 Å². The molecule has 1 N–H and O–H groups in total. The molecule has 0 radical (unpaired) electrons. The molecule has 1 aromatic carbocycles. The fraction of sp³-hybridized carbons (Fsp3) is 0.333. The first-order valence-corrected chi connectivity index (χ1v) is 4.71. The first-order chi connectivity index (χ1) is 5.24. The first kappa shape index (κ1) is 12.2. The van der Waals surface area contributed by atoms with Crippen molar-refractivity contribution in [2.45, 2.75) is 13.5 Å². The molecule has 0 bridgehead atoms. The van der Waals surface area contributed by atoms with E-state index in [9.17, 15) is 0 Å². The van der Waals surface area contributed by atoms with E-state index < -0.39 is 0 Å². The van der Waals surface area contributed by atoms with Crippen molar-refractivity contribution >= 4 is 35.0 Å². The van der Waals surface area contributed by atoms with Crippen molar-refractivity contribution in [3.05, 3.63) is 32.9 Å². The third-order valence-corrected chi connectivity index (χ3v) is 2.62. The van der Waals surface area contributed by atoms with E-state index in [2.05, 4.69) is 53.0 Å². The SMILES string of the molecule is CNCc1cc(C)ccc1I.Cl. The number of nitrogens with one attached hydrogen (secondary N) is 1. The lowest BCUT2D eigenvalue weighted by Gasteiger charge is -2.03. The smallest absolute Gasteiger partial charge is 0.0213 e. The van der Waals surface area contributed by atoms with Gasteiger partial charge in [0.1, 0.15) is 0 Å². The fourth-order valence-corrected chi connectivity index (χ4v) is 1.56. The van der Waals surface area contributed by atoms with Gasteiger partial charge in [0.05, 0.1) is 0 Å². The monoisotopic (exact) mass is 297 g/mol. The molecular formula is C9H13ClIN. The van der Waals surface area contributed by atoms with Crippen molar-refractivity contribution in [2.24, 2.45) is 0 Å².